The van der Waals surface area contributed by atoms with E-state index in [1.54, 1.807) is 0 Å². The summed E-state index contributed by atoms with van der Waals surface area (Å²) in [6, 6.07) is 13.0. The lowest BCUT2D eigenvalue weighted by atomic mass is 10.0. The predicted octanol–water partition coefficient (Wildman–Crippen LogP) is 2.76. The zero-order chi connectivity index (χ0) is 18.2. The Morgan fingerprint density at radius 2 is 1.56 bits per heavy atom. The van der Waals surface area contributed by atoms with Crippen molar-refractivity contribution in [1.82, 2.24) is 5.32 Å². The Labute approximate surface area is 144 Å². The fraction of sp³-hybridized carbons (Fsp3) is 0.294. The summed E-state index contributed by atoms with van der Waals surface area (Å²) in [5.74, 6) is 0. The number of nitro groups is 2. The van der Waals surface area contributed by atoms with Crippen LogP contribution < -0.4 is 5.32 Å². The van der Waals surface area contributed by atoms with Crippen LogP contribution in [0, 0.1) is 20.2 Å². The number of hydrogen-bond donors (Lipinski definition) is 2. The summed E-state index contributed by atoms with van der Waals surface area (Å²) >= 11 is 0. The SMILES string of the molecule is O=[N+]([O-])c1cccc([N+](=O)[O-])c1CCCNCC(O)c1ccccc1. The van der Waals surface area contributed by atoms with Gasteiger partial charge in [-0.3, -0.25) is 20.2 Å². The first-order chi connectivity index (χ1) is 12.0. The van der Waals surface area contributed by atoms with Crippen LogP contribution in [0.5, 0.6) is 0 Å². The van der Waals surface area contributed by atoms with Gasteiger partial charge in [0.25, 0.3) is 11.4 Å². The van der Waals surface area contributed by atoms with Gasteiger partial charge in [-0.05, 0) is 31.0 Å². The third kappa shape index (κ3) is 5.07. The fourth-order valence-corrected chi connectivity index (χ4v) is 2.58. The Bertz CT molecular complexity index is 704. The summed E-state index contributed by atoms with van der Waals surface area (Å²) in [5.41, 5.74) is 0.448. The average molecular weight is 345 g/mol. The molecule has 1 unspecified atom stereocenters. The number of aliphatic hydroxyl groups excluding tert-OH is 1. The van der Waals surface area contributed by atoms with Crippen LogP contribution in [0.25, 0.3) is 0 Å². The van der Waals surface area contributed by atoms with Crippen LogP contribution in [0.1, 0.15) is 23.7 Å². The number of nitrogens with one attached hydrogen (secondary N) is 1. The highest BCUT2D eigenvalue weighted by Gasteiger charge is 2.23. The quantitative estimate of drug-likeness (QED) is 0.410. The van der Waals surface area contributed by atoms with Crippen molar-refractivity contribution in [2.45, 2.75) is 18.9 Å². The Morgan fingerprint density at radius 1 is 0.960 bits per heavy atom. The number of nitrogens with zero attached hydrogens (tertiary/aromatic N) is 2. The first-order valence-corrected chi connectivity index (χ1v) is 7.85. The molecule has 0 bridgehead atoms. The normalized spacial score (nSPS) is 11.9. The minimum Gasteiger partial charge on any atom is -0.387 e. The number of aliphatic hydroxyl groups is 1. The molecule has 0 radical (unpaired) electrons. The average Bonchev–Trinajstić information content (AvgIpc) is 2.61. The van der Waals surface area contributed by atoms with E-state index in [2.05, 4.69) is 5.32 Å². The first-order valence-electron chi connectivity index (χ1n) is 7.85. The van der Waals surface area contributed by atoms with Crippen LogP contribution in [0.15, 0.2) is 48.5 Å². The Balaban J connectivity index is 1.89. The second-order valence-corrected chi connectivity index (χ2v) is 5.52. The molecule has 2 N–H and O–H groups in total. The van der Waals surface area contributed by atoms with Crippen molar-refractivity contribution in [2.24, 2.45) is 0 Å². The molecule has 0 saturated carbocycles. The number of rotatable bonds is 9. The lowest BCUT2D eigenvalue weighted by molar-refractivity contribution is -0.395. The molecule has 0 spiro atoms. The van der Waals surface area contributed by atoms with Crippen molar-refractivity contribution in [2.75, 3.05) is 13.1 Å². The Morgan fingerprint density at radius 3 is 2.12 bits per heavy atom. The standard InChI is InChI=1S/C17H19N3O5/c21-17(13-6-2-1-3-7-13)12-18-11-5-8-14-15(19(22)23)9-4-10-16(14)20(24)25/h1-4,6-7,9-10,17-18,21H,5,8,11-12H2. The van der Waals surface area contributed by atoms with Gasteiger partial charge in [-0.2, -0.15) is 0 Å². The molecular weight excluding hydrogens is 326 g/mol. The van der Waals surface area contributed by atoms with E-state index in [-0.39, 0.29) is 23.4 Å². The van der Waals surface area contributed by atoms with Gasteiger partial charge in [-0.15, -0.1) is 0 Å². The molecule has 1 atom stereocenters. The van der Waals surface area contributed by atoms with Gasteiger partial charge in [-0.25, -0.2) is 0 Å². The van der Waals surface area contributed by atoms with E-state index in [1.165, 1.54) is 18.2 Å². The molecule has 0 heterocycles. The number of nitro benzene ring substituents is 2. The van der Waals surface area contributed by atoms with E-state index >= 15 is 0 Å². The van der Waals surface area contributed by atoms with Crippen molar-refractivity contribution >= 4 is 11.4 Å². The van der Waals surface area contributed by atoms with Gasteiger partial charge in [-0.1, -0.05) is 30.3 Å². The fourth-order valence-electron chi connectivity index (χ4n) is 2.58. The van der Waals surface area contributed by atoms with Crippen molar-refractivity contribution in [3.63, 3.8) is 0 Å². The molecule has 0 amide bonds. The molecule has 0 aliphatic heterocycles. The molecule has 0 aromatic heterocycles. The van der Waals surface area contributed by atoms with Crippen molar-refractivity contribution in [3.8, 4) is 0 Å². The molecule has 8 heteroatoms. The number of hydrogen-bond acceptors (Lipinski definition) is 6. The largest absolute Gasteiger partial charge is 0.387 e. The highest BCUT2D eigenvalue weighted by Crippen LogP contribution is 2.29. The van der Waals surface area contributed by atoms with Gasteiger partial charge in [0.15, 0.2) is 0 Å². The summed E-state index contributed by atoms with van der Waals surface area (Å²) in [7, 11) is 0. The summed E-state index contributed by atoms with van der Waals surface area (Å²) < 4.78 is 0. The third-order valence-corrected chi connectivity index (χ3v) is 3.82. The molecule has 2 rings (SSSR count). The molecule has 8 nitrogen and oxygen atoms in total. The van der Waals surface area contributed by atoms with E-state index in [4.69, 9.17) is 0 Å². The third-order valence-electron chi connectivity index (χ3n) is 3.82. The monoisotopic (exact) mass is 345 g/mol. The van der Waals surface area contributed by atoms with Crippen LogP contribution in [0.4, 0.5) is 11.4 Å². The minimum absolute atomic E-state index is 0.128. The molecule has 2 aromatic rings. The Kier molecular flexibility index (Phi) is 6.55. The van der Waals surface area contributed by atoms with Gasteiger partial charge in [0.05, 0.1) is 16.0 Å². The van der Waals surface area contributed by atoms with Gasteiger partial charge in [0.2, 0.25) is 0 Å². The molecule has 25 heavy (non-hydrogen) atoms. The number of benzene rings is 2. The lowest BCUT2D eigenvalue weighted by Crippen LogP contribution is -2.23. The van der Waals surface area contributed by atoms with Crippen molar-refractivity contribution in [3.05, 3.63) is 79.9 Å². The van der Waals surface area contributed by atoms with Gasteiger partial charge < -0.3 is 10.4 Å². The maximum atomic E-state index is 11.1. The molecule has 132 valence electrons. The second kappa shape index (κ2) is 8.86. The highest BCUT2D eigenvalue weighted by atomic mass is 16.6. The van der Waals surface area contributed by atoms with E-state index in [0.717, 1.165) is 5.56 Å². The van der Waals surface area contributed by atoms with Crippen LogP contribution in [0.3, 0.4) is 0 Å². The summed E-state index contributed by atoms with van der Waals surface area (Å²) in [6.07, 6.45) is 0.0383. The maximum Gasteiger partial charge on any atom is 0.279 e. The molecule has 0 saturated heterocycles. The van der Waals surface area contributed by atoms with Crippen LogP contribution in [0.2, 0.25) is 0 Å². The highest BCUT2D eigenvalue weighted by molar-refractivity contribution is 5.53. The zero-order valence-electron chi connectivity index (χ0n) is 13.5. The van der Waals surface area contributed by atoms with E-state index in [0.29, 0.717) is 19.5 Å². The molecule has 2 aromatic carbocycles. The molecule has 0 aliphatic carbocycles. The summed E-state index contributed by atoms with van der Waals surface area (Å²) in [5, 5.41) is 35.2. The summed E-state index contributed by atoms with van der Waals surface area (Å²) in [4.78, 5) is 20.9. The van der Waals surface area contributed by atoms with Crippen molar-refractivity contribution < 1.29 is 15.0 Å². The predicted molar refractivity (Wildman–Crippen MR) is 92.3 cm³/mol. The molecular formula is C17H19N3O5. The maximum absolute atomic E-state index is 11.1. The van der Waals surface area contributed by atoms with Crippen LogP contribution in [-0.4, -0.2) is 28.0 Å². The van der Waals surface area contributed by atoms with Gasteiger partial charge in [0.1, 0.15) is 5.56 Å². The first kappa shape index (κ1) is 18.5. The topological polar surface area (TPSA) is 119 Å². The molecule has 0 aliphatic rings. The van der Waals surface area contributed by atoms with Crippen LogP contribution in [-0.2, 0) is 6.42 Å². The minimum atomic E-state index is -0.651. The van der Waals surface area contributed by atoms with E-state index < -0.39 is 16.0 Å². The molecule has 0 fully saturated rings. The Hall–Kier alpha value is -2.84. The smallest absolute Gasteiger partial charge is 0.279 e. The van der Waals surface area contributed by atoms with Gasteiger partial charge >= 0.3 is 0 Å². The van der Waals surface area contributed by atoms with E-state index in [9.17, 15) is 25.3 Å². The van der Waals surface area contributed by atoms with Gasteiger partial charge in [0, 0.05) is 18.7 Å². The van der Waals surface area contributed by atoms with Crippen LogP contribution >= 0.6 is 0 Å². The van der Waals surface area contributed by atoms with E-state index in [1.807, 2.05) is 30.3 Å². The second-order valence-electron chi connectivity index (χ2n) is 5.52. The summed E-state index contributed by atoms with van der Waals surface area (Å²) in [6.45, 7) is 0.816. The zero-order valence-corrected chi connectivity index (χ0v) is 13.5. The van der Waals surface area contributed by atoms with Crippen molar-refractivity contribution in [1.29, 1.82) is 0 Å². The lowest BCUT2D eigenvalue weighted by Gasteiger charge is -2.12.